The number of nitrogens with one attached hydrogen (secondary N) is 2. The molecule has 1 saturated heterocycles. The SMILES string of the molecule is CCNC(=NCC1(CN2CCOCC2)CCCCC1)NCCc1ccco1.I. The summed E-state index contributed by atoms with van der Waals surface area (Å²) in [6.07, 6.45) is 9.23. The van der Waals surface area contributed by atoms with Crippen LogP contribution in [0.1, 0.15) is 44.8 Å². The summed E-state index contributed by atoms with van der Waals surface area (Å²) in [4.78, 5) is 7.58. The van der Waals surface area contributed by atoms with Crippen molar-refractivity contribution in [1.29, 1.82) is 0 Å². The Kier molecular flexibility index (Phi) is 10.6. The summed E-state index contributed by atoms with van der Waals surface area (Å²) in [6, 6.07) is 3.96. The maximum absolute atomic E-state index is 5.53. The highest BCUT2D eigenvalue weighted by atomic mass is 127. The summed E-state index contributed by atoms with van der Waals surface area (Å²) in [7, 11) is 0. The Morgan fingerprint density at radius 3 is 2.64 bits per heavy atom. The zero-order chi connectivity index (χ0) is 18.8. The van der Waals surface area contributed by atoms with Gasteiger partial charge in [0.25, 0.3) is 0 Å². The first-order chi connectivity index (χ1) is 13.3. The molecule has 1 aromatic rings. The molecule has 0 amide bonds. The number of hydrogen-bond acceptors (Lipinski definition) is 4. The van der Waals surface area contributed by atoms with Crippen molar-refractivity contribution in [3.63, 3.8) is 0 Å². The molecular formula is C21H37IN4O2. The van der Waals surface area contributed by atoms with Crippen LogP contribution >= 0.6 is 24.0 Å². The van der Waals surface area contributed by atoms with E-state index in [9.17, 15) is 0 Å². The van der Waals surface area contributed by atoms with Crippen molar-refractivity contribution in [3.8, 4) is 0 Å². The first-order valence-electron chi connectivity index (χ1n) is 10.6. The van der Waals surface area contributed by atoms with E-state index in [4.69, 9.17) is 14.1 Å². The fourth-order valence-corrected chi connectivity index (χ4v) is 4.25. The molecule has 1 aromatic heterocycles. The van der Waals surface area contributed by atoms with Crippen LogP contribution in [0.4, 0.5) is 0 Å². The lowest BCUT2D eigenvalue weighted by Gasteiger charge is -2.41. The van der Waals surface area contributed by atoms with Crippen molar-refractivity contribution < 1.29 is 9.15 Å². The number of aliphatic imine (C=N–C) groups is 1. The van der Waals surface area contributed by atoms with E-state index < -0.39 is 0 Å². The summed E-state index contributed by atoms with van der Waals surface area (Å²) < 4.78 is 10.9. The van der Waals surface area contributed by atoms with Crippen LogP contribution in [0.5, 0.6) is 0 Å². The average molecular weight is 504 g/mol. The van der Waals surface area contributed by atoms with E-state index >= 15 is 0 Å². The van der Waals surface area contributed by atoms with E-state index in [1.165, 1.54) is 32.1 Å². The van der Waals surface area contributed by atoms with E-state index in [0.29, 0.717) is 5.41 Å². The maximum Gasteiger partial charge on any atom is 0.191 e. The van der Waals surface area contributed by atoms with Gasteiger partial charge in [-0.1, -0.05) is 19.3 Å². The number of furan rings is 1. The molecule has 1 saturated carbocycles. The molecule has 0 unspecified atom stereocenters. The first kappa shape index (κ1) is 23.5. The summed E-state index contributed by atoms with van der Waals surface area (Å²) >= 11 is 0. The lowest BCUT2D eigenvalue weighted by Crippen LogP contribution is -2.46. The molecule has 6 nitrogen and oxygen atoms in total. The van der Waals surface area contributed by atoms with Gasteiger partial charge >= 0.3 is 0 Å². The van der Waals surface area contributed by atoms with E-state index in [-0.39, 0.29) is 24.0 Å². The Morgan fingerprint density at radius 1 is 1.18 bits per heavy atom. The minimum Gasteiger partial charge on any atom is -0.469 e. The van der Waals surface area contributed by atoms with Crippen LogP contribution < -0.4 is 10.6 Å². The number of hydrogen-bond donors (Lipinski definition) is 2. The molecule has 28 heavy (non-hydrogen) atoms. The number of morpholine rings is 1. The molecular weight excluding hydrogens is 467 g/mol. The second kappa shape index (κ2) is 12.7. The topological polar surface area (TPSA) is 62.0 Å². The van der Waals surface area contributed by atoms with Crippen LogP contribution in [-0.2, 0) is 11.2 Å². The average Bonchev–Trinajstić information content (AvgIpc) is 3.21. The molecule has 2 aliphatic rings. The molecule has 2 N–H and O–H groups in total. The molecule has 3 rings (SSSR count). The number of ether oxygens (including phenoxy) is 1. The number of nitrogens with zero attached hydrogens (tertiary/aromatic N) is 2. The monoisotopic (exact) mass is 504 g/mol. The third-order valence-corrected chi connectivity index (χ3v) is 5.74. The van der Waals surface area contributed by atoms with Crippen molar-refractivity contribution in [2.75, 3.05) is 52.5 Å². The van der Waals surface area contributed by atoms with Crippen LogP contribution in [0.3, 0.4) is 0 Å². The van der Waals surface area contributed by atoms with Crippen LogP contribution in [0.2, 0.25) is 0 Å². The Bertz CT molecular complexity index is 553. The predicted molar refractivity (Wildman–Crippen MR) is 125 cm³/mol. The number of rotatable bonds is 8. The Balaban J connectivity index is 0.00000280. The van der Waals surface area contributed by atoms with Gasteiger partial charge in [0.1, 0.15) is 5.76 Å². The summed E-state index contributed by atoms with van der Waals surface area (Å²) in [5.41, 5.74) is 0.318. The van der Waals surface area contributed by atoms with E-state index in [1.807, 2.05) is 12.1 Å². The van der Waals surface area contributed by atoms with E-state index in [2.05, 4.69) is 22.5 Å². The zero-order valence-electron chi connectivity index (χ0n) is 17.3. The van der Waals surface area contributed by atoms with Gasteiger partial charge in [-0.25, -0.2) is 0 Å². The van der Waals surface area contributed by atoms with Crippen molar-refractivity contribution in [2.45, 2.75) is 45.4 Å². The van der Waals surface area contributed by atoms with Crippen molar-refractivity contribution >= 4 is 29.9 Å². The van der Waals surface area contributed by atoms with E-state index in [1.54, 1.807) is 6.26 Å². The third kappa shape index (κ3) is 7.55. The summed E-state index contributed by atoms with van der Waals surface area (Å²) in [5.74, 6) is 1.94. The zero-order valence-corrected chi connectivity index (χ0v) is 19.6. The highest BCUT2D eigenvalue weighted by Crippen LogP contribution is 2.37. The molecule has 2 fully saturated rings. The molecule has 0 aromatic carbocycles. The molecule has 0 atom stereocenters. The van der Waals surface area contributed by atoms with Gasteiger partial charge in [0, 0.05) is 51.1 Å². The van der Waals surface area contributed by atoms with Crippen LogP contribution in [-0.4, -0.2) is 63.3 Å². The van der Waals surface area contributed by atoms with Gasteiger partial charge in [-0.3, -0.25) is 9.89 Å². The van der Waals surface area contributed by atoms with E-state index in [0.717, 1.165) is 70.6 Å². The van der Waals surface area contributed by atoms with Gasteiger partial charge in [-0.15, -0.1) is 24.0 Å². The molecule has 0 bridgehead atoms. The van der Waals surface area contributed by atoms with Gasteiger partial charge in [0.2, 0.25) is 0 Å². The molecule has 1 aliphatic heterocycles. The van der Waals surface area contributed by atoms with Crippen molar-refractivity contribution in [3.05, 3.63) is 24.2 Å². The van der Waals surface area contributed by atoms with Crippen LogP contribution in [0.15, 0.2) is 27.8 Å². The van der Waals surface area contributed by atoms with Gasteiger partial charge in [0.05, 0.1) is 19.5 Å². The standard InChI is InChI=1S/C21H36N4O2.HI/c1-2-22-20(23-11-8-19-7-6-14-27-19)24-17-21(9-4-3-5-10-21)18-25-12-15-26-16-13-25;/h6-7,14H,2-5,8-13,15-18H2,1H3,(H2,22,23,24);1H. The minimum absolute atomic E-state index is 0. The Hall–Kier alpha value is -0.800. The largest absolute Gasteiger partial charge is 0.469 e. The normalized spacial score (nSPS) is 20.4. The number of halogens is 1. The molecule has 7 heteroatoms. The van der Waals surface area contributed by atoms with Gasteiger partial charge in [-0.2, -0.15) is 0 Å². The molecule has 160 valence electrons. The lowest BCUT2D eigenvalue weighted by molar-refractivity contribution is 0.00937. The van der Waals surface area contributed by atoms with Crippen molar-refractivity contribution in [2.24, 2.45) is 10.4 Å². The summed E-state index contributed by atoms with van der Waals surface area (Å²) in [5, 5.41) is 6.86. The van der Waals surface area contributed by atoms with Gasteiger partial charge in [0.15, 0.2) is 5.96 Å². The minimum atomic E-state index is 0. The highest BCUT2D eigenvalue weighted by Gasteiger charge is 2.34. The van der Waals surface area contributed by atoms with Gasteiger partial charge in [-0.05, 0) is 31.9 Å². The van der Waals surface area contributed by atoms with Crippen molar-refractivity contribution in [1.82, 2.24) is 15.5 Å². The fraction of sp³-hybridized carbons (Fsp3) is 0.762. The molecule has 0 spiro atoms. The molecule has 2 heterocycles. The summed E-state index contributed by atoms with van der Waals surface area (Å²) in [6.45, 7) is 9.76. The molecule has 1 aliphatic carbocycles. The molecule has 0 radical (unpaired) electrons. The Labute approximate surface area is 186 Å². The Morgan fingerprint density at radius 2 is 1.96 bits per heavy atom. The first-order valence-corrected chi connectivity index (χ1v) is 10.6. The maximum atomic E-state index is 5.53. The predicted octanol–water partition coefficient (Wildman–Crippen LogP) is 3.28. The fourth-order valence-electron chi connectivity index (χ4n) is 4.25. The number of guanidine groups is 1. The second-order valence-electron chi connectivity index (χ2n) is 7.90. The smallest absolute Gasteiger partial charge is 0.191 e. The van der Waals surface area contributed by atoms with Crippen LogP contribution in [0.25, 0.3) is 0 Å². The highest BCUT2D eigenvalue weighted by molar-refractivity contribution is 14.0. The second-order valence-corrected chi connectivity index (χ2v) is 7.90. The van der Waals surface area contributed by atoms with Crippen LogP contribution in [0, 0.1) is 5.41 Å². The van der Waals surface area contributed by atoms with Gasteiger partial charge < -0.3 is 19.8 Å². The lowest BCUT2D eigenvalue weighted by atomic mass is 9.73. The quantitative estimate of drug-likeness (QED) is 0.323. The third-order valence-electron chi connectivity index (χ3n) is 5.74.